The van der Waals surface area contributed by atoms with Gasteiger partial charge >= 0.3 is 6.18 Å². The maximum absolute atomic E-state index is 12.7. The molecule has 142 valence electrons. The minimum Gasteiger partial charge on any atom is -0.334 e. The summed E-state index contributed by atoms with van der Waals surface area (Å²) in [5.74, 6) is -0.249. The molecule has 0 radical (unpaired) electrons. The number of carbonyl (C=O) groups is 1. The lowest BCUT2D eigenvalue weighted by molar-refractivity contribution is -0.137. The molecule has 0 unspecified atom stereocenters. The van der Waals surface area contributed by atoms with Crippen molar-refractivity contribution >= 4 is 5.91 Å². The van der Waals surface area contributed by atoms with Gasteiger partial charge in [0.2, 0.25) is 0 Å². The van der Waals surface area contributed by atoms with Crippen molar-refractivity contribution in [1.82, 2.24) is 20.1 Å². The van der Waals surface area contributed by atoms with Gasteiger partial charge in [0.25, 0.3) is 5.91 Å². The molecule has 0 spiro atoms. The highest BCUT2D eigenvalue weighted by molar-refractivity contribution is 5.95. The summed E-state index contributed by atoms with van der Waals surface area (Å²) in [6.45, 7) is 1.63. The maximum Gasteiger partial charge on any atom is 0.417 e. The van der Waals surface area contributed by atoms with Gasteiger partial charge in [0.05, 0.1) is 29.1 Å². The number of carbonyl (C=O) groups excluding carboxylic acids is 1. The lowest BCUT2D eigenvalue weighted by Crippen LogP contribution is -2.48. The largest absolute Gasteiger partial charge is 0.417 e. The van der Waals surface area contributed by atoms with E-state index in [0.717, 1.165) is 31.5 Å². The number of rotatable bonds is 3. The molecule has 0 atom stereocenters. The number of aromatic nitrogens is 3. The fraction of sp³-hybridized carbons (Fsp3) is 0.444. The van der Waals surface area contributed by atoms with E-state index in [9.17, 15) is 23.2 Å². The summed E-state index contributed by atoms with van der Waals surface area (Å²) in [4.78, 5) is 16.4. The van der Waals surface area contributed by atoms with Crippen LogP contribution in [0.1, 0.15) is 53.7 Å². The Hall–Kier alpha value is -2.89. The van der Waals surface area contributed by atoms with E-state index in [1.807, 2.05) is 0 Å². The van der Waals surface area contributed by atoms with Crippen LogP contribution in [-0.4, -0.2) is 26.2 Å². The number of halogens is 3. The Kier molecular flexibility index (Phi) is 4.91. The summed E-state index contributed by atoms with van der Waals surface area (Å²) in [7, 11) is 0. The van der Waals surface area contributed by atoms with E-state index in [1.54, 1.807) is 6.92 Å². The van der Waals surface area contributed by atoms with Gasteiger partial charge in [-0.2, -0.15) is 23.5 Å². The first kappa shape index (κ1) is 18.9. The number of hydrogen-bond acceptors (Lipinski definition) is 4. The van der Waals surface area contributed by atoms with Gasteiger partial charge in [-0.1, -0.05) is 19.3 Å². The molecule has 0 aliphatic heterocycles. The standard InChI is InChI=1S/C18H18F3N5O/c1-12-14(16(27)25-17(11-22)7-3-2-4-8-17)10-24-26(12)15-6-5-13(9-23-15)18(19,20)21/h5-6,9-10H,2-4,7-8H2,1H3,(H,25,27). The van der Waals surface area contributed by atoms with Crippen LogP contribution in [0.4, 0.5) is 13.2 Å². The van der Waals surface area contributed by atoms with E-state index >= 15 is 0 Å². The monoisotopic (exact) mass is 377 g/mol. The topological polar surface area (TPSA) is 83.6 Å². The molecule has 3 rings (SSSR count). The third kappa shape index (κ3) is 3.79. The van der Waals surface area contributed by atoms with Crippen LogP contribution in [0.2, 0.25) is 0 Å². The third-order valence-corrected chi connectivity index (χ3v) is 4.82. The van der Waals surface area contributed by atoms with Gasteiger partial charge in [0.15, 0.2) is 5.82 Å². The highest BCUT2D eigenvalue weighted by Gasteiger charge is 2.35. The van der Waals surface area contributed by atoms with Crippen LogP contribution in [0.3, 0.4) is 0 Å². The molecule has 1 aliphatic carbocycles. The fourth-order valence-corrected chi connectivity index (χ4v) is 3.25. The zero-order valence-electron chi connectivity index (χ0n) is 14.7. The molecule has 0 aromatic carbocycles. The van der Waals surface area contributed by atoms with E-state index in [4.69, 9.17) is 0 Å². The molecule has 2 aromatic rings. The van der Waals surface area contributed by atoms with Crippen LogP contribution in [0.15, 0.2) is 24.5 Å². The third-order valence-electron chi connectivity index (χ3n) is 4.82. The Balaban J connectivity index is 1.83. The summed E-state index contributed by atoms with van der Waals surface area (Å²) in [5, 5.41) is 16.4. The Morgan fingerprint density at radius 3 is 2.52 bits per heavy atom. The second-order valence-corrected chi connectivity index (χ2v) is 6.67. The second-order valence-electron chi connectivity index (χ2n) is 6.67. The van der Waals surface area contributed by atoms with E-state index in [0.29, 0.717) is 18.5 Å². The van der Waals surface area contributed by atoms with Gasteiger partial charge in [-0.25, -0.2) is 9.67 Å². The number of alkyl halides is 3. The molecule has 0 saturated heterocycles. The smallest absolute Gasteiger partial charge is 0.334 e. The van der Waals surface area contributed by atoms with Gasteiger partial charge < -0.3 is 5.32 Å². The van der Waals surface area contributed by atoms with Crippen molar-refractivity contribution in [3.05, 3.63) is 41.3 Å². The summed E-state index contributed by atoms with van der Waals surface area (Å²) < 4.78 is 39.3. The Morgan fingerprint density at radius 1 is 1.26 bits per heavy atom. The zero-order valence-corrected chi connectivity index (χ0v) is 14.7. The molecule has 9 heteroatoms. The van der Waals surface area contributed by atoms with E-state index < -0.39 is 23.2 Å². The molecular formula is C18H18F3N5O. The molecule has 1 saturated carbocycles. The molecule has 27 heavy (non-hydrogen) atoms. The summed E-state index contributed by atoms with van der Waals surface area (Å²) in [6, 6.07) is 4.33. The first-order valence-corrected chi connectivity index (χ1v) is 8.58. The molecule has 0 bridgehead atoms. The van der Waals surface area contributed by atoms with Crippen molar-refractivity contribution in [2.24, 2.45) is 0 Å². The highest BCUT2D eigenvalue weighted by atomic mass is 19.4. The minimum atomic E-state index is -4.47. The lowest BCUT2D eigenvalue weighted by Gasteiger charge is -2.31. The molecule has 2 aromatic heterocycles. The number of nitrogens with one attached hydrogen (secondary N) is 1. The summed E-state index contributed by atoms with van der Waals surface area (Å²) in [5.41, 5.74) is -1.04. The molecule has 6 nitrogen and oxygen atoms in total. The van der Waals surface area contributed by atoms with E-state index in [-0.39, 0.29) is 11.4 Å². The molecule has 1 aliphatic rings. The predicted molar refractivity (Wildman–Crippen MR) is 90.0 cm³/mol. The predicted octanol–water partition coefficient (Wildman–Crippen LogP) is 3.55. The van der Waals surface area contributed by atoms with Crippen LogP contribution < -0.4 is 5.32 Å². The number of nitrogens with zero attached hydrogens (tertiary/aromatic N) is 4. The number of nitriles is 1. The maximum atomic E-state index is 12.7. The molecule has 1 amide bonds. The van der Waals surface area contributed by atoms with Crippen LogP contribution in [0, 0.1) is 18.3 Å². The first-order chi connectivity index (χ1) is 12.8. The molecular weight excluding hydrogens is 359 g/mol. The minimum absolute atomic E-state index is 0.173. The van der Waals surface area contributed by atoms with E-state index in [1.165, 1.54) is 16.9 Å². The van der Waals surface area contributed by atoms with Crippen molar-refractivity contribution in [3.63, 3.8) is 0 Å². The van der Waals surface area contributed by atoms with Crippen molar-refractivity contribution in [2.45, 2.75) is 50.7 Å². The Labute approximate surface area is 154 Å². The zero-order chi connectivity index (χ0) is 19.7. The van der Waals surface area contributed by atoms with Crippen LogP contribution >= 0.6 is 0 Å². The average Bonchev–Trinajstić information content (AvgIpc) is 3.03. The number of pyridine rings is 1. The van der Waals surface area contributed by atoms with Crippen LogP contribution in [0.25, 0.3) is 5.82 Å². The molecule has 1 fully saturated rings. The van der Waals surface area contributed by atoms with Crippen molar-refractivity contribution in [2.75, 3.05) is 0 Å². The number of hydrogen-bond donors (Lipinski definition) is 1. The Morgan fingerprint density at radius 2 is 1.96 bits per heavy atom. The van der Waals surface area contributed by atoms with Gasteiger partial charge in [-0.3, -0.25) is 4.79 Å². The second kappa shape index (κ2) is 7.02. The summed E-state index contributed by atoms with van der Waals surface area (Å²) >= 11 is 0. The van der Waals surface area contributed by atoms with Gasteiger partial charge in [-0.05, 0) is 31.9 Å². The Bertz CT molecular complexity index is 874. The average molecular weight is 377 g/mol. The first-order valence-electron chi connectivity index (χ1n) is 8.58. The van der Waals surface area contributed by atoms with Crippen LogP contribution in [0.5, 0.6) is 0 Å². The molecule has 1 N–H and O–H groups in total. The van der Waals surface area contributed by atoms with Crippen molar-refractivity contribution in [1.29, 1.82) is 5.26 Å². The lowest BCUT2D eigenvalue weighted by atomic mass is 9.82. The quantitative estimate of drug-likeness (QED) is 0.887. The van der Waals surface area contributed by atoms with Gasteiger partial charge in [0, 0.05) is 6.20 Å². The number of amides is 1. The van der Waals surface area contributed by atoms with Crippen molar-refractivity contribution < 1.29 is 18.0 Å². The van der Waals surface area contributed by atoms with Gasteiger partial charge in [-0.15, -0.1) is 0 Å². The highest BCUT2D eigenvalue weighted by Crippen LogP contribution is 2.29. The van der Waals surface area contributed by atoms with E-state index in [2.05, 4.69) is 21.5 Å². The SMILES string of the molecule is Cc1c(C(=O)NC2(C#N)CCCCC2)cnn1-c1ccc(C(F)(F)F)cn1. The van der Waals surface area contributed by atoms with Gasteiger partial charge in [0.1, 0.15) is 5.54 Å². The normalized spacial score (nSPS) is 16.6. The molecule has 2 heterocycles. The van der Waals surface area contributed by atoms with Crippen LogP contribution in [-0.2, 0) is 6.18 Å². The van der Waals surface area contributed by atoms with Crippen molar-refractivity contribution in [3.8, 4) is 11.9 Å². The summed E-state index contributed by atoms with van der Waals surface area (Å²) in [6.07, 6.45) is 1.58. The fourth-order valence-electron chi connectivity index (χ4n) is 3.25.